The Labute approximate surface area is 95.7 Å². The molecule has 1 rings (SSSR count). The standard InChI is InChI=1S/C13H18O3/c1-12(2,15)13(3,16)8-10-6-4-5-7-11(10)9-14/h4-7,9,15-16H,8H2,1-3H3. The Morgan fingerprint density at radius 1 is 1.19 bits per heavy atom. The zero-order valence-corrected chi connectivity index (χ0v) is 9.90. The monoisotopic (exact) mass is 222 g/mol. The number of aliphatic hydroxyl groups is 2. The van der Waals surface area contributed by atoms with Gasteiger partial charge in [0.25, 0.3) is 0 Å². The fourth-order valence-electron chi connectivity index (χ4n) is 1.40. The van der Waals surface area contributed by atoms with Gasteiger partial charge in [0.2, 0.25) is 0 Å². The molecule has 0 bridgehead atoms. The molecule has 16 heavy (non-hydrogen) atoms. The highest BCUT2D eigenvalue weighted by atomic mass is 16.3. The molecule has 0 radical (unpaired) electrons. The van der Waals surface area contributed by atoms with Gasteiger partial charge in [-0.15, -0.1) is 0 Å². The van der Waals surface area contributed by atoms with Crippen LogP contribution in [0.5, 0.6) is 0 Å². The van der Waals surface area contributed by atoms with Crippen LogP contribution in [0, 0.1) is 0 Å². The van der Waals surface area contributed by atoms with Crippen LogP contribution in [0.1, 0.15) is 36.7 Å². The lowest BCUT2D eigenvalue weighted by Crippen LogP contribution is -2.49. The van der Waals surface area contributed by atoms with Crippen LogP contribution < -0.4 is 0 Å². The van der Waals surface area contributed by atoms with Crippen molar-refractivity contribution in [2.24, 2.45) is 0 Å². The van der Waals surface area contributed by atoms with E-state index in [4.69, 9.17) is 0 Å². The van der Waals surface area contributed by atoms with E-state index in [2.05, 4.69) is 0 Å². The molecule has 88 valence electrons. The van der Waals surface area contributed by atoms with Gasteiger partial charge in [-0.1, -0.05) is 24.3 Å². The fraction of sp³-hybridized carbons (Fsp3) is 0.462. The van der Waals surface area contributed by atoms with Gasteiger partial charge in [0, 0.05) is 12.0 Å². The van der Waals surface area contributed by atoms with Gasteiger partial charge in [0.1, 0.15) is 6.29 Å². The smallest absolute Gasteiger partial charge is 0.150 e. The average Bonchev–Trinajstić information content (AvgIpc) is 2.16. The molecule has 0 fully saturated rings. The Bertz CT molecular complexity index is 375. The topological polar surface area (TPSA) is 57.5 Å². The zero-order chi connectivity index (χ0) is 12.4. The summed E-state index contributed by atoms with van der Waals surface area (Å²) in [7, 11) is 0. The average molecular weight is 222 g/mol. The second-order valence-electron chi connectivity index (χ2n) is 4.83. The summed E-state index contributed by atoms with van der Waals surface area (Å²) in [5.74, 6) is 0. The molecular formula is C13H18O3. The molecule has 0 spiro atoms. The van der Waals surface area contributed by atoms with Gasteiger partial charge < -0.3 is 10.2 Å². The summed E-state index contributed by atoms with van der Waals surface area (Å²) in [5, 5.41) is 20.0. The van der Waals surface area contributed by atoms with E-state index in [1.807, 2.05) is 6.07 Å². The highest BCUT2D eigenvalue weighted by molar-refractivity contribution is 5.77. The number of benzene rings is 1. The molecular weight excluding hydrogens is 204 g/mol. The first-order chi connectivity index (χ1) is 7.28. The highest BCUT2D eigenvalue weighted by Gasteiger charge is 2.37. The summed E-state index contributed by atoms with van der Waals surface area (Å²) in [6, 6.07) is 7.06. The largest absolute Gasteiger partial charge is 0.387 e. The molecule has 0 heterocycles. The number of hydrogen-bond acceptors (Lipinski definition) is 3. The van der Waals surface area contributed by atoms with Crippen molar-refractivity contribution in [3.8, 4) is 0 Å². The van der Waals surface area contributed by atoms with E-state index in [-0.39, 0.29) is 6.42 Å². The SMILES string of the molecule is CC(C)(O)C(C)(O)Cc1ccccc1C=O. The van der Waals surface area contributed by atoms with Gasteiger partial charge in [-0.05, 0) is 26.3 Å². The minimum absolute atomic E-state index is 0.241. The van der Waals surface area contributed by atoms with Crippen LogP contribution in [0.15, 0.2) is 24.3 Å². The summed E-state index contributed by atoms with van der Waals surface area (Å²) in [6.07, 6.45) is 1.00. The maximum atomic E-state index is 10.8. The third kappa shape index (κ3) is 2.68. The molecule has 0 saturated heterocycles. The van der Waals surface area contributed by atoms with Crippen LogP contribution in [0.3, 0.4) is 0 Å². The summed E-state index contributed by atoms with van der Waals surface area (Å²) in [6.45, 7) is 4.67. The molecule has 1 aromatic rings. The van der Waals surface area contributed by atoms with Crippen molar-refractivity contribution >= 4 is 6.29 Å². The van der Waals surface area contributed by atoms with Gasteiger partial charge >= 0.3 is 0 Å². The van der Waals surface area contributed by atoms with E-state index >= 15 is 0 Å². The molecule has 0 saturated carbocycles. The fourth-order valence-corrected chi connectivity index (χ4v) is 1.40. The number of aldehydes is 1. The number of rotatable bonds is 4. The van der Waals surface area contributed by atoms with E-state index in [0.29, 0.717) is 5.56 Å². The molecule has 0 aliphatic rings. The van der Waals surface area contributed by atoms with Gasteiger partial charge in [-0.2, -0.15) is 0 Å². The third-order valence-corrected chi connectivity index (χ3v) is 3.03. The molecule has 1 atom stereocenters. The second kappa shape index (κ2) is 4.36. The number of carbonyl (C=O) groups excluding carboxylic acids is 1. The second-order valence-corrected chi connectivity index (χ2v) is 4.83. The third-order valence-electron chi connectivity index (χ3n) is 3.03. The van der Waals surface area contributed by atoms with E-state index in [1.165, 1.54) is 0 Å². The van der Waals surface area contributed by atoms with Crippen LogP contribution in [0.25, 0.3) is 0 Å². The molecule has 3 nitrogen and oxygen atoms in total. The van der Waals surface area contributed by atoms with E-state index in [0.717, 1.165) is 11.8 Å². The molecule has 2 N–H and O–H groups in total. The predicted molar refractivity (Wildman–Crippen MR) is 62.5 cm³/mol. The lowest BCUT2D eigenvalue weighted by atomic mass is 9.81. The van der Waals surface area contributed by atoms with Gasteiger partial charge in [0.15, 0.2) is 0 Å². The Hall–Kier alpha value is -1.19. The van der Waals surface area contributed by atoms with E-state index in [9.17, 15) is 15.0 Å². The Morgan fingerprint density at radius 3 is 2.25 bits per heavy atom. The molecule has 1 aromatic carbocycles. The number of carbonyl (C=O) groups is 1. The van der Waals surface area contributed by atoms with Crippen molar-refractivity contribution in [2.45, 2.75) is 38.4 Å². The van der Waals surface area contributed by atoms with Crippen LogP contribution in [-0.4, -0.2) is 27.7 Å². The molecule has 1 unspecified atom stereocenters. The van der Waals surface area contributed by atoms with Crippen molar-refractivity contribution in [3.63, 3.8) is 0 Å². The first-order valence-electron chi connectivity index (χ1n) is 5.26. The van der Waals surface area contributed by atoms with E-state index in [1.54, 1.807) is 39.0 Å². The highest BCUT2D eigenvalue weighted by Crippen LogP contribution is 2.26. The maximum absolute atomic E-state index is 10.8. The van der Waals surface area contributed by atoms with Crippen LogP contribution in [0.2, 0.25) is 0 Å². The molecule has 3 heteroatoms. The van der Waals surface area contributed by atoms with E-state index < -0.39 is 11.2 Å². The molecule has 0 aliphatic carbocycles. The minimum Gasteiger partial charge on any atom is -0.387 e. The van der Waals surface area contributed by atoms with Crippen molar-refractivity contribution < 1.29 is 15.0 Å². The maximum Gasteiger partial charge on any atom is 0.150 e. The first kappa shape index (κ1) is 12.9. The lowest BCUT2D eigenvalue weighted by molar-refractivity contribution is -0.118. The lowest BCUT2D eigenvalue weighted by Gasteiger charge is -2.36. The van der Waals surface area contributed by atoms with Crippen molar-refractivity contribution in [1.82, 2.24) is 0 Å². The summed E-state index contributed by atoms with van der Waals surface area (Å²) >= 11 is 0. The van der Waals surface area contributed by atoms with Crippen molar-refractivity contribution in [3.05, 3.63) is 35.4 Å². The van der Waals surface area contributed by atoms with Gasteiger partial charge in [-0.25, -0.2) is 0 Å². The van der Waals surface area contributed by atoms with Crippen molar-refractivity contribution in [2.75, 3.05) is 0 Å². The minimum atomic E-state index is -1.27. The summed E-state index contributed by atoms with van der Waals surface area (Å²) < 4.78 is 0. The van der Waals surface area contributed by atoms with Crippen LogP contribution in [0.4, 0.5) is 0 Å². The van der Waals surface area contributed by atoms with Crippen LogP contribution >= 0.6 is 0 Å². The molecule has 0 aromatic heterocycles. The molecule has 0 amide bonds. The normalized spacial score (nSPS) is 15.6. The summed E-state index contributed by atoms with van der Waals surface area (Å²) in [4.78, 5) is 10.8. The quantitative estimate of drug-likeness (QED) is 0.760. The predicted octanol–water partition coefficient (Wildman–Crippen LogP) is 1.56. The van der Waals surface area contributed by atoms with Gasteiger partial charge in [0.05, 0.1) is 11.2 Å². The molecule has 0 aliphatic heterocycles. The first-order valence-corrected chi connectivity index (χ1v) is 5.26. The van der Waals surface area contributed by atoms with Crippen LogP contribution in [-0.2, 0) is 6.42 Å². The Morgan fingerprint density at radius 2 is 1.75 bits per heavy atom. The van der Waals surface area contributed by atoms with Gasteiger partial charge in [-0.3, -0.25) is 4.79 Å². The summed E-state index contributed by atoms with van der Waals surface area (Å²) in [5.41, 5.74) is -1.20. The Balaban J connectivity index is 3.01. The number of hydrogen-bond donors (Lipinski definition) is 2. The van der Waals surface area contributed by atoms with Crippen molar-refractivity contribution in [1.29, 1.82) is 0 Å². The zero-order valence-electron chi connectivity index (χ0n) is 9.90. The Kier molecular flexibility index (Phi) is 3.51.